The largest absolute Gasteiger partial charge is 0.480 e. The number of benzene rings is 2. The van der Waals surface area contributed by atoms with Gasteiger partial charge in [0, 0.05) is 31.4 Å². The maximum atomic E-state index is 11.8. The van der Waals surface area contributed by atoms with E-state index in [1.54, 1.807) is 29.4 Å². The second kappa shape index (κ2) is 9.65. The Balaban J connectivity index is 1.54. The van der Waals surface area contributed by atoms with Gasteiger partial charge >= 0.3 is 5.97 Å². The number of aromatic nitrogens is 4. The summed E-state index contributed by atoms with van der Waals surface area (Å²) < 4.78 is 0. The molecule has 4 aromatic rings. The normalized spacial score (nSPS) is 11.5. The van der Waals surface area contributed by atoms with Crippen LogP contribution in [0.1, 0.15) is 5.56 Å². The Morgan fingerprint density at radius 1 is 0.906 bits per heavy atom. The fourth-order valence-corrected chi connectivity index (χ4v) is 3.19. The highest BCUT2D eigenvalue weighted by atomic mass is 16.4. The van der Waals surface area contributed by atoms with Crippen molar-refractivity contribution >= 4 is 23.6 Å². The van der Waals surface area contributed by atoms with Crippen molar-refractivity contribution in [2.75, 3.05) is 17.3 Å². The predicted molar refractivity (Wildman–Crippen MR) is 123 cm³/mol. The topological polar surface area (TPSA) is 104 Å². The van der Waals surface area contributed by atoms with Crippen molar-refractivity contribution in [3.05, 3.63) is 90.8 Å². The van der Waals surface area contributed by atoms with Gasteiger partial charge in [-0.15, -0.1) is 0 Å². The lowest BCUT2D eigenvalue weighted by Crippen LogP contribution is -2.32. The molecule has 0 aliphatic carbocycles. The zero-order valence-corrected chi connectivity index (χ0v) is 17.5. The van der Waals surface area contributed by atoms with E-state index in [1.807, 2.05) is 67.7 Å². The molecule has 0 bridgehead atoms. The number of carbonyl (C=O) groups is 1. The molecule has 2 N–H and O–H groups in total. The van der Waals surface area contributed by atoms with Crippen molar-refractivity contribution in [2.45, 2.75) is 12.5 Å². The molecule has 0 spiro atoms. The van der Waals surface area contributed by atoms with Gasteiger partial charge in [-0.3, -0.25) is 0 Å². The maximum absolute atomic E-state index is 11.8. The van der Waals surface area contributed by atoms with Crippen LogP contribution in [0.4, 0.5) is 17.6 Å². The fourth-order valence-electron chi connectivity index (χ4n) is 3.19. The molecular weight excluding hydrogens is 404 g/mol. The average molecular weight is 426 g/mol. The van der Waals surface area contributed by atoms with E-state index in [4.69, 9.17) is 0 Å². The van der Waals surface area contributed by atoms with E-state index in [1.165, 1.54) is 0 Å². The van der Waals surface area contributed by atoms with Crippen LogP contribution in [0.3, 0.4) is 0 Å². The molecule has 0 aliphatic rings. The number of carboxylic acid groups (broad SMARTS) is 1. The first-order chi connectivity index (χ1) is 15.6. The minimum absolute atomic E-state index is 0.232. The number of nitrogens with one attached hydrogen (secondary N) is 1. The molecule has 0 saturated carbocycles. The van der Waals surface area contributed by atoms with Crippen molar-refractivity contribution in [2.24, 2.45) is 0 Å². The Hall–Kier alpha value is -4.33. The molecule has 32 heavy (non-hydrogen) atoms. The lowest BCUT2D eigenvalue weighted by molar-refractivity contribution is -0.137. The molecule has 2 heterocycles. The second-order valence-corrected chi connectivity index (χ2v) is 7.13. The lowest BCUT2D eigenvalue weighted by Gasteiger charge is -2.19. The third-order valence-corrected chi connectivity index (χ3v) is 4.89. The van der Waals surface area contributed by atoms with Crippen LogP contribution in [-0.4, -0.2) is 44.1 Å². The van der Waals surface area contributed by atoms with Gasteiger partial charge in [-0.25, -0.2) is 19.7 Å². The summed E-state index contributed by atoms with van der Waals surface area (Å²) >= 11 is 0. The van der Waals surface area contributed by atoms with Crippen molar-refractivity contribution in [1.29, 1.82) is 0 Å². The van der Waals surface area contributed by atoms with E-state index < -0.39 is 12.0 Å². The molecule has 0 unspecified atom stereocenters. The summed E-state index contributed by atoms with van der Waals surface area (Å²) in [5.41, 5.74) is 1.83. The Kier molecular flexibility index (Phi) is 6.31. The summed E-state index contributed by atoms with van der Waals surface area (Å²) in [4.78, 5) is 31.3. The summed E-state index contributed by atoms with van der Waals surface area (Å²) in [6.45, 7) is 0. The van der Waals surface area contributed by atoms with E-state index in [0.29, 0.717) is 23.9 Å². The molecule has 0 fully saturated rings. The van der Waals surface area contributed by atoms with Crippen LogP contribution >= 0.6 is 0 Å². The number of aliphatic carboxylic acids is 1. The number of nitrogens with zero attached hydrogens (tertiary/aromatic N) is 5. The minimum Gasteiger partial charge on any atom is -0.480 e. The highest BCUT2D eigenvalue weighted by Gasteiger charge is 2.19. The van der Waals surface area contributed by atoms with Gasteiger partial charge in [0.25, 0.3) is 0 Å². The van der Waals surface area contributed by atoms with Gasteiger partial charge in [-0.1, -0.05) is 60.7 Å². The standard InChI is InChI=1S/C24H22N6O2/c1-30(20-12-14-25-22(28-20)18-10-6-3-7-11-18)21-13-15-26-24(29-21)27-19(23(31)32)16-17-8-4-2-5-9-17/h2-15,19H,16H2,1H3,(H,31,32)(H,26,27,29)/t19-/m1/s1. The van der Waals surface area contributed by atoms with Gasteiger partial charge in [0.1, 0.15) is 17.7 Å². The number of hydrogen-bond acceptors (Lipinski definition) is 7. The van der Waals surface area contributed by atoms with Crippen LogP contribution in [0.5, 0.6) is 0 Å². The number of hydrogen-bond donors (Lipinski definition) is 2. The van der Waals surface area contributed by atoms with Gasteiger partial charge in [-0.05, 0) is 17.7 Å². The van der Waals surface area contributed by atoms with E-state index in [-0.39, 0.29) is 5.95 Å². The van der Waals surface area contributed by atoms with Gasteiger partial charge in [0.15, 0.2) is 5.82 Å². The number of carboxylic acids is 1. The Morgan fingerprint density at radius 2 is 1.53 bits per heavy atom. The monoisotopic (exact) mass is 426 g/mol. The van der Waals surface area contributed by atoms with Crippen LogP contribution in [0, 0.1) is 0 Å². The molecule has 2 aromatic heterocycles. The first-order valence-corrected chi connectivity index (χ1v) is 10.1. The summed E-state index contributed by atoms with van der Waals surface area (Å²) in [6, 6.07) is 21.8. The Labute approximate surface area is 185 Å². The third kappa shape index (κ3) is 5.04. The zero-order valence-electron chi connectivity index (χ0n) is 17.5. The van der Waals surface area contributed by atoms with Gasteiger partial charge in [-0.2, -0.15) is 4.98 Å². The van der Waals surface area contributed by atoms with Crippen LogP contribution < -0.4 is 10.2 Å². The highest BCUT2D eigenvalue weighted by Crippen LogP contribution is 2.23. The van der Waals surface area contributed by atoms with Gasteiger partial charge in [0.05, 0.1) is 0 Å². The zero-order chi connectivity index (χ0) is 22.3. The van der Waals surface area contributed by atoms with E-state index >= 15 is 0 Å². The molecule has 0 amide bonds. The molecule has 0 radical (unpaired) electrons. The van der Waals surface area contributed by atoms with Crippen molar-refractivity contribution in [3.8, 4) is 11.4 Å². The summed E-state index contributed by atoms with van der Waals surface area (Å²) in [5, 5.41) is 12.6. The van der Waals surface area contributed by atoms with Gasteiger partial charge in [0.2, 0.25) is 5.95 Å². The third-order valence-electron chi connectivity index (χ3n) is 4.89. The molecule has 1 atom stereocenters. The number of rotatable bonds is 8. The minimum atomic E-state index is -0.973. The van der Waals surface area contributed by atoms with Crippen molar-refractivity contribution < 1.29 is 9.90 Å². The first kappa shape index (κ1) is 20.9. The van der Waals surface area contributed by atoms with Crippen LogP contribution in [0.25, 0.3) is 11.4 Å². The predicted octanol–water partition coefficient (Wildman–Crippen LogP) is 3.81. The highest BCUT2D eigenvalue weighted by molar-refractivity contribution is 5.77. The molecule has 0 aliphatic heterocycles. The molecule has 2 aromatic carbocycles. The molecule has 8 heteroatoms. The van der Waals surface area contributed by atoms with Crippen molar-refractivity contribution in [3.63, 3.8) is 0 Å². The quantitative estimate of drug-likeness (QED) is 0.438. The van der Waals surface area contributed by atoms with Crippen LogP contribution in [0.15, 0.2) is 85.2 Å². The van der Waals surface area contributed by atoms with E-state index in [2.05, 4.69) is 25.3 Å². The maximum Gasteiger partial charge on any atom is 0.326 e. The molecule has 160 valence electrons. The first-order valence-electron chi connectivity index (χ1n) is 10.1. The Bertz CT molecular complexity index is 1190. The summed E-state index contributed by atoms with van der Waals surface area (Å²) in [6.07, 6.45) is 3.59. The summed E-state index contributed by atoms with van der Waals surface area (Å²) in [7, 11) is 1.84. The van der Waals surface area contributed by atoms with Crippen LogP contribution in [-0.2, 0) is 11.2 Å². The molecular formula is C24H22N6O2. The Morgan fingerprint density at radius 3 is 2.22 bits per heavy atom. The van der Waals surface area contributed by atoms with Crippen molar-refractivity contribution in [1.82, 2.24) is 19.9 Å². The lowest BCUT2D eigenvalue weighted by atomic mass is 10.1. The van der Waals surface area contributed by atoms with E-state index in [9.17, 15) is 9.90 Å². The van der Waals surface area contributed by atoms with E-state index in [0.717, 1.165) is 11.1 Å². The van der Waals surface area contributed by atoms with Gasteiger partial charge < -0.3 is 15.3 Å². The molecule has 4 rings (SSSR count). The average Bonchev–Trinajstić information content (AvgIpc) is 2.84. The summed E-state index contributed by atoms with van der Waals surface area (Å²) in [5.74, 6) is 1.09. The SMILES string of the molecule is CN(c1ccnc(N[C@H](Cc2ccccc2)C(=O)O)n1)c1ccnc(-c2ccccc2)n1. The smallest absolute Gasteiger partial charge is 0.326 e. The number of anilines is 3. The second-order valence-electron chi connectivity index (χ2n) is 7.13. The fraction of sp³-hybridized carbons (Fsp3) is 0.125. The molecule has 8 nitrogen and oxygen atoms in total. The molecule has 0 saturated heterocycles. The van der Waals surface area contributed by atoms with Crippen LogP contribution in [0.2, 0.25) is 0 Å².